The van der Waals surface area contributed by atoms with E-state index in [4.69, 9.17) is 0 Å². The van der Waals surface area contributed by atoms with Gasteiger partial charge in [0.05, 0.1) is 0 Å². The highest BCUT2D eigenvalue weighted by molar-refractivity contribution is 14.1. The van der Waals surface area contributed by atoms with Gasteiger partial charge in [0.15, 0.2) is 5.78 Å². The standard InChI is InChI=1S/C17H15IN2O3/c1-10-9-13(18)5-8-15(10)20-17(23)16(22)19-14-6-3-12(4-7-14)11(2)21/h3-9H,1-2H3,(H,19,22)(H,20,23). The van der Waals surface area contributed by atoms with Gasteiger partial charge in [0.1, 0.15) is 0 Å². The molecule has 6 heteroatoms. The Balaban J connectivity index is 2.02. The highest BCUT2D eigenvalue weighted by atomic mass is 127. The molecule has 0 aliphatic rings. The van der Waals surface area contributed by atoms with Crippen LogP contribution < -0.4 is 10.6 Å². The summed E-state index contributed by atoms with van der Waals surface area (Å²) < 4.78 is 1.05. The van der Waals surface area contributed by atoms with E-state index in [9.17, 15) is 14.4 Å². The fourth-order valence-corrected chi connectivity index (χ4v) is 2.57. The highest BCUT2D eigenvalue weighted by Crippen LogP contribution is 2.18. The number of carbonyl (C=O) groups is 3. The average molecular weight is 422 g/mol. The maximum absolute atomic E-state index is 11.9. The summed E-state index contributed by atoms with van der Waals surface area (Å²) in [5.41, 5.74) is 2.47. The summed E-state index contributed by atoms with van der Waals surface area (Å²) in [6.07, 6.45) is 0. The van der Waals surface area contributed by atoms with E-state index in [1.807, 2.05) is 19.1 Å². The van der Waals surface area contributed by atoms with Crippen molar-refractivity contribution in [3.8, 4) is 0 Å². The van der Waals surface area contributed by atoms with Crippen LogP contribution in [0.1, 0.15) is 22.8 Å². The molecule has 0 atom stereocenters. The van der Waals surface area contributed by atoms with Crippen molar-refractivity contribution in [3.05, 3.63) is 57.2 Å². The Labute approximate surface area is 147 Å². The average Bonchev–Trinajstić information content (AvgIpc) is 2.50. The topological polar surface area (TPSA) is 75.3 Å². The lowest BCUT2D eigenvalue weighted by Crippen LogP contribution is -2.29. The van der Waals surface area contributed by atoms with Gasteiger partial charge in [0.2, 0.25) is 0 Å². The molecule has 0 spiro atoms. The van der Waals surface area contributed by atoms with Gasteiger partial charge in [-0.3, -0.25) is 14.4 Å². The van der Waals surface area contributed by atoms with E-state index >= 15 is 0 Å². The van der Waals surface area contributed by atoms with Crippen molar-refractivity contribution in [1.82, 2.24) is 0 Å². The molecule has 2 aromatic rings. The summed E-state index contributed by atoms with van der Waals surface area (Å²) in [6.45, 7) is 3.32. The van der Waals surface area contributed by atoms with Gasteiger partial charge in [-0.2, -0.15) is 0 Å². The van der Waals surface area contributed by atoms with Crippen molar-refractivity contribution < 1.29 is 14.4 Å². The normalized spacial score (nSPS) is 10.0. The molecule has 2 amide bonds. The van der Waals surface area contributed by atoms with Crippen molar-refractivity contribution in [1.29, 1.82) is 0 Å². The molecule has 23 heavy (non-hydrogen) atoms. The molecule has 0 fully saturated rings. The Hall–Kier alpha value is -2.22. The SMILES string of the molecule is CC(=O)c1ccc(NC(=O)C(=O)Nc2ccc(I)cc2C)cc1. The quantitative estimate of drug-likeness (QED) is 0.453. The minimum absolute atomic E-state index is 0.0604. The molecule has 0 bridgehead atoms. The second kappa shape index (κ2) is 7.36. The van der Waals surface area contributed by atoms with Crippen molar-refractivity contribution in [2.75, 3.05) is 10.6 Å². The maximum atomic E-state index is 11.9. The Bertz CT molecular complexity index is 770. The monoisotopic (exact) mass is 422 g/mol. The van der Waals surface area contributed by atoms with Crippen LogP contribution in [0.15, 0.2) is 42.5 Å². The minimum atomic E-state index is -0.765. The molecule has 0 aromatic heterocycles. The molecule has 5 nitrogen and oxygen atoms in total. The van der Waals surface area contributed by atoms with Crippen LogP contribution in [0.25, 0.3) is 0 Å². The first kappa shape index (κ1) is 17.1. The molecule has 0 saturated carbocycles. The zero-order chi connectivity index (χ0) is 17.0. The van der Waals surface area contributed by atoms with Crippen molar-refractivity contribution in [3.63, 3.8) is 0 Å². The smallest absolute Gasteiger partial charge is 0.314 e. The number of amides is 2. The summed E-state index contributed by atoms with van der Waals surface area (Å²) >= 11 is 2.18. The summed E-state index contributed by atoms with van der Waals surface area (Å²) in [7, 11) is 0. The number of nitrogens with one attached hydrogen (secondary N) is 2. The Morgan fingerprint density at radius 2 is 1.52 bits per heavy atom. The molecule has 0 unspecified atom stereocenters. The lowest BCUT2D eigenvalue weighted by molar-refractivity contribution is -0.133. The Morgan fingerprint density at radius 1 is 0.913 bits per heavy atom. The predicted octanol–water partition coefficient (Wildman–Crippen LogP) is 3.38. The number of benzene rings is 2. The van der Waals surface area contributed by atoms with Crippen LogP contribution in [0.5, 0.6) is 0 Å². The third-order valence-electron chi connectivity index (χ3n) is 3.19. The van der Waals surface area contributed by atoms with Gasteiger partial charge < -0.3 is 10.6 Å². The molecular weight excluding hydrogens is 407 g/mol. The molecule has 2 rings (SSSR count). The molecule has 0 aliphatic carbocycles. The summed E-state index contributed by atoms with van der Waals surface area (Å²) in [4.78, 5) is 35.1. The fraction of sp³-hybridized carbons (Fsp3) is 0.118. The molecular formula is C17H15IN2O3. The third-order valence-corrected chi connectivity index (χ3v) is 3.86. The van der Waals surface area contributed by atoms with Crippen LogP contribution >= 0.6 is 22.6 Å². The molecule has 2 aromatic carbocycles. The van der Waals surface area contributed by atoms with Gasteiger partial charge in [-0.15, -0.1) is 0 Å². The number of rotatable bonds is 3. The molecule has 0 radical (unpaired) electrons. The predicted molar refractivity (Wildman–Crippen MR) is 97.6 cm³/mol. The summed E-state index contributed by atoms with van der Waals surface area (Å²) in [5, 5.41) is 5.07. The van der Waals surface area contributed by atoms with E-state index < -0.39 is 11.8 Å². The number of hydrogen-bond donors (Lipinski definition) is 2. The number of hydrogen-bond acceptors (Lipinski definition) is 3. The van der Waals surface area contributed by atoms with Gasteiger partial charge in [0, 0.05) is 20.5 Å². The molecule has 2 N–H and O–H groups in total. The highest BCUT2D eigenvalue weighted by Gasteiger charge is 2.15. The van der Waals surface area contributed by atoms with E-state index in [0.29, 0.717) is 16.9 Å². The van der Waals surface area contributed by atoms with E-state index in [1.165, 1.54) is 6.92 Å². The van der Waals surface area contributed by atoms with Crippen molar-refractivity contribution in [2.45, 2.75) is 13.8 Å². The molecule has 0 heterocycles. The molecule has 0 saturated heterocycles. The Morgan fingerprint density at radius 3 is 2.09 bits per heavy atom. The number of Topliss-reactive ketones (excluding diaryl/α,β-unsaturated/α-hetero) is 1. The van der Waals surface area contributed by atoms with Gasteiger partial charge in [-0.25, -0.2) is 0 Å². The van der Waals surface area contributed by atoms with E-state index in [2.05, 4.69) is 33.2 Å². The van der Waals surface area contributed by atoms with Crippen molar-refractivity contribution >= 4 is 51.6 Å². The Kier molecular flexibility index (Phi) is 5.49. The lowest BCUT2D eigenvalue weighted by Gasteiger charge is -2.09. The van der Waals surface area contributed by atoms with Crippen LogP contribution in [0.4, 0.5) is 11.4 Å². The summed E-state index contributed by atoms with van der Waals surface area (Å²) in [6, 6.07) is 11.9. The zero-order valence-electron chi connectivity index (χ0n) is 12.6. The first-order chi connectivity index (χ1) is 10.9. The largest absolute Gasteiger partial charge is 0.318 e. The van der Waals surface area contributed by atoms with Crippen LogP contribution in [-0.4, -0.2) is 17.6 Å². The van der Waals surface area contributed by atoms with E-state index in [0.717, 1.165) is 9.13 Å². The van der Waals surface area contributed by atoms with Gasteiger partial charge in [0.25, 0.3) is 0 Å². The number of halogens is 1. The zero-order valence-corrected chi connectivity index (χ0v) is 14.8. The number of aryl methyl sites for hydroxylation is 1. The van der Waals surface area contributed by atoms with E-state index in [-0.39, 0.29) is 5.78 Å². The number of ketones is 1. The minimum Gasteiger partial charge on any atom is -0.318 e. The first-order valence-corrected chi connectivity index (χ1v) is 7.94. The second-order valence-corrected chi connectivity index (χ2v) is 6.25. The fourth-order valence-electron chi connectivity index (χ4n) is 1.92. The lowest BCUT2D eigenvalue weighted by atomic mass is 10.1. The van der Waals surface area contributed by atoms with Crippen LogP contribution in [-0.2, 0) is 9.59 Å². The molecule has 118 valence electrons. The second-order valence-electron chi connectivity index (χ2n) is 5.00. The first-order valence-electron chi connectivity index (χ1n) is 6.86. The van der Waals surface area contributed by atoms with Crippen molar-refractivity contribution in [2.24, 2.45) is 0 Å². The number of anilines is 2. The molecule has 0 aliphatic heterocycles. The summed E-state index contributed by atoms with van der Waals surface area (Å²) in [5.74, 6) is -1.57. The van der Waals surface area contributed by atoms with Gasteiger partial charge in [-0.05, 0) is 84.5 Å². The number of carbonyl (C=O) groups excluding carboxylic acids is 3. The third kappa shape index (κ3) is 4.62. The van der Waals surface area contributed by atoms with Crippen LogP contribution in [0.2, 0.25) is 0 Å². The van der Waals surface area contributed by atoms with Crippen LogP contribution in [0, 0.1) is 10.5 Å². The van der Waals surface area contributed by atoms with Gasteiger partial charge in [-0.1, -0.05) is 0 Å². The maximum Gasteiger partial charge on any atom is 0.314 e. The van der Waals surface area contributed by atoms with E-state index in [1.54, 1.807) is 30.3 Å². The van der Waals surface area contributed by atoms with Gasteiger partial charge >= 0.3 is 11.8 Å². The van der Waals surface area contributed by atoms with Crippen LogP contribution in [0.3, 0.4) is 0 Å².